The number of rotatable bonds is 3. The van der Waals surface area contributed by atoms with Gasteiger partial charge < -0.3 is 0 Å². The van der Waals surface area contributed by atoms with Gasteiger partial charge in [-0.25, -0.2) is 0 Å². The molecule has 3 saturated heterocycles. The van der Waals surface area contributed by atoms with Crippen molar-refractivity contribution in [2.24, 2.45) is 0 Å². The van der Waals surface area contributed by atoms with E-state index in [1.165, 1.54) is 0 Å². The second kappa shape index (κ2) is 3.01. The standard InChI is InChI=1S/C8H17NO5Si/c10-4-8-14-15-9(1-5-11-15,2-6-12-15)3-7-13-15/h10H,1-8H2. The van der Waals surface area contributed by atoms with Gasteiger partial charge >= 0.3 is 88.1 Å². The van der Waals surface area contributed by atoms with Gasteiger partial charge in [-0.2, -0.15) is 0 Å². The molecular formula is C8H17NO5Si. The predicted molar refractivity (Wildman–Crippen MR) is 51.5 cm³/mol. The zero-order chi connectivity index (χ0) is 10.4. The molecule has 0 saturated carbocycles. The first-order valence-electron chi connectivity index (χ1n) is 5.46. The van der Waals surface area contributed by atoms with Crippen molar-refractivity contribution in [1.82, 2.24) is 0 Å². The van der Waals surface area contributed by atoms with Crippen LogP contribution in [0, 0.1) is 0 Å². The van der Waals surface area contributed by atoms with Crippen molar-refractivity contribution in [3.63, 3.8) is 0 Å². The average Bonchev–Trinajstić information content (AvgIpc) is 2.73. The maximum absolute atomic E-state index is 8.88. The van der Waals surface area contributed by atoms with Crippen LogP contribution in [0.4, 0.5) is 0 Å². The van der Waals surface area contributed by atoms with Gasteiger partial charge in [-0.15, -0.1) is 0 Å². The summed E-state index contributed by atoms with van der Waals surface area (Å²) in [6, 6.07) is 0. The van der Waals surface area contributed by atoms with Crippen LogP contribution < -0.4 is 0 Å². The van der Waals surface area contributed by atoms with Crippen molar-refractivity contribution < 1.29 is 27.0 Å². The van der Waals surface area contributed by atoms with E-state index in [-0.39, 0.29) is 13.2 Å². The first kappa shape index (κ1) is 10.2. The van der Waals surface area contributed by atoms with Gasteiger partial charge in [0.05, 0.1) is 0 Å². The number of quaternary nitrogens is 1. The van der Waals surface area contributed by atoms with E-state index in [1.807, 2.05) is 0 Å². The summed E-state index contributed by atoms with van der Waals surface area (Å²) in [6.07, 6.45) is 0. The van der Waals surface area contributed by atoms with E-state index < -0.39 is 8.49 Å². The Balaban J connectivity index is 1.98. The Labute approximate surface area is 88.9 Å². The summed E-state index contributed by atoms with van der Waals surface area (Å²) >= 11 is 0. The van der Waals surface area contributed by atoms with Crippen LogP contribution in [0.15, 0.2) is 0 Å². The maximum atomic E-state index is 8.88. The fraction of sp³-hybridized carbons (Fsp3) is 1.00. The summed E-state index contributed by atoms with van der Waals surface area (Å²) < 4.78 is 23.9. The molecule has 3 fully saturated rings. The van der Waals surface area contributed by atoms with Gasteiger partial charge in [0.2, 0.25) is 0 Å². The van der Waals surface area contributed by atoms with Crippen molar-refractivity contribution in [2.45, 2.75) is 0 Å². The molecular weight excluding hydrogens is 218 g/mol. The van der Waals surface area contributed by atoms with E-state index in [2.05, 4.69) is 0 Å². The van der Waals surface area contributed by atoms with Gasteiger partial charge in [0.1, 0.15) is 0 Å². The van der Waals surface area contributed by atoms with Gasteiger partial charge in [0, 0.05) is 0 Å². The molecule has 0 aliphatic carbocycles. The monoisotopic (exact) mass is 235 g/mol. The van der Waals surface area contributed by atoms with Crippen molar-refractivity contribution >= 4 is 8.49 Å². The van der Waals surface area contributed by atoms with Crippen molar-refractivity contribution in [3.05, 3.63) is 0 Å². The zero-order valence-corrected chi connectivity index (χ0v) is 9.68. The Morgan fingerprint density at radius 1 is 1.07 bits per heavy atom. The summed E-state index contributed by atoms with van der Waals surface area (Å²) in [5.74, 6) is 0. The molecule has 1 N–H and O–H groups in total. The molecule has 3 rings (SSSR count). The number of hydrogen-bond acceptors (Lipinski definition) is 5. The first-order valence-corrected chi connectivity index (χ1v) is 7.54. The molecule has 3 heterocycles. The van der Waals surface area contributed by atoms with Crippen LogP contribution in [0.1, 0.15) is 0 Å². The Morgan fingerprint density at radius 3 is 2.07 bits per heavy atom. The average molecular weight is 235 g/mol. The SMILES string of the molecule is OCCO[Si-]123OCC[N+]1(CCO2)CCO3. The van der Waals surface area contributed by atoms with Crippen LogP contribution in [0.2, 0.25) is 0 Å². The Hall–Kier alpha value is -0.0231. The molecule has 0 bridgehead atoms. The molecule has 88 valence electrons. The van der Waals surface area contributed by atoms with E-state index >= 15 is 0 Å². The number of aliphatic hydroxyl groups excluding tert-OH is 1. The molecule has 0 atom stereocenters. The molecule has 0 aromatic rings. The summed E-state index contributed by atoms with van der Waals surface area (Å²) in [5, 5.41) is 8.88. The van der Waals surface area contributed by atoms with Crippen molar-refractivity contribution in [1.29, 1.82) is 0 Å². The summed E-state index contributed by atoms with van der Waals surface area (Å²) in [4.78, 5) is 0. The Bertz CT molecular complexity index is 254. The fourth-order valence-electron chi connectivity index (χ4n) is 3.07. The van der Waals surface area contributed by atoms with E-state index in [9.17, 15) is 0 Å². The van der Waals surface area contributed by atoms with Crippen LogP contribution >= 0.6 is 0 Å². The minimum atomic E-state index is -3.64. The summed E-state index contributed by atoms with van der Waals surface area (Å²) in [7, 11) is -3.64. The van der Waals surface area contributed by atoms with Crippen LogP contribution in [0.3, 0.4) is 0 Å². The van der Waals surface area contributed by atoms with Crippen molar-refractivity contribution in [2.75, 3.05) is 52.7 Å². The normalized spacial score (nSPS) is 43.1. The van der Waals surface area contributed by atoms with Crippen LogP contribution in [-0.4, -0.2) is 70.4 Å². The quantitative estimate of drug-likeness (QED) is 0.622. The molecule has 6 nitrogen and oxygen atoms in total. The molecule has 0 aromatic heterocycles. The number of hydrogen-bond donors (Lipinski definition) is 1. The van der Waals surface area contributed by atoms with Gasteiger partial charge in [0.15, 0.2) is 0 Å². The van der Waals surface area contributed by atoms with Gasteiger partial charge in [-0.05, 0) is 0 Å². The van der Waals surface area contributed by atoms with E-state index in [0.717, 1.165) is 23.8 Å². The van der Waals surface area contributed by atoms with Gasteiger partial charge in [-0.3, -0.25) is 0 Å². The first-order chi connectivity index (χ1) is 7.26. The number of aliphatic hydroxyl groups is 1. The molecule has 0 spiro atoms. The molecule has 0 unspecified atom stereocenters. The van der Waals surface area contributed by atoms with Gasteiger partial charge in [-0.1, -0.05) is 0 Å². The predicted octanol–water partition coefficient (Wildman–Crippen LogP) is -1.21. The fourth-order valence-corrected chi connectivity index (χ4v) is 7.77. The van der Waals surface area contributed by atoms with Gasteiger partial charge in [0.25, 0.3) is 0 Å². The second-order valence-electron chi connectivity index (χ2n) is 4.30. The third kappa shape index (κ3) is 0.991. The van der Waals surface area contributed by atoms with Crippen LogP contribution in [0.5, 0.6) is 0 Å². The van der Waals surface area contributed by atoms with Crippen LogP contribution in [-0.2, 0) is 17.7 Å². The van der Waals surface area contributed by atoms with E-state index in [0.29, 0.717) is 19.8 Å². The zero-order valence-electron chi connectivity index (χ0n) is 8.68. The molecule has 0 radical (unpaired) electrons. The summed E-state index contributed by atoms with van der Waals surface area (Å²) in [6.45, 7) is 4.86. The summed E-state index contributed by atoms with van der Waals surface area (Å²) in [5.41, 5.74) is 0. The minimum absolute atomic E-state index is 0.0282. The van der Waals surface area contributed by atoms with Crippen LogP contribution in [0.25, 0.3) is 0 Å². The third-order valence-electron chi connectivity index (χ3n) is 3.80. The number of nitrogens with zero attached hydrogens (tertiary/aromatic N) is 1. The Morgan fingerprint density at radius 2 is 1.60 bits per heavy atom. The van der Waals surface area contributed by atoms with E-state index in [4.69, 9.17) is 22.8 Å². The molecule has 0 amide bonds. The molecule has 3 aliphatic rings. The van der Waals surface area contributed by atoms with E-state index in [1.54, 1.807) is 0 Å². The molecule has 0 aromatic carbocycles. The second-order valence-corrected chi connectivity index (χ2v) is 8.13. The molecule has 3 aliphatic heterocycles. The third-order valence-corrected chi connectivity index (χ3v) is 8.76. The topological polar surface area (TPSA) is 57.2 Å². The Kier molecular flexibility index (Phi) is 2.04. The molecule has 7 heteroatoms. The van der Waals surface area contributed by atoms with Crippen molar-refractivity contribution in [3.8, 4) is 0 Å². The molecule has 15 heavy (non-hydrogen) atoms.